The van der Waals surface area contributed by atoms with Gasteiger partial charge in [-0.25, -0.2) is 8.78 Å². The van der Waals surface area contributed by atoms with Crippen LogP contribution < -0.4 is 5.73 Å². The van der Waals surface area contributed by atoms with Crippen LogP contribution in [0.2, 0.25) is 0 Å². The van der Waals surface area contributed by atoms with Gasteiger partial charge in [-0.3, -0.25) is 5.10 Å². The van der Waals surface area contributed by atoms with E-state index >= 15 is 0 Å². The number of nitrogens with zero attached hydrogens (tertiary/aromatic N) is 1. The normalized spacial score (nSPS) is 12.6. The molecule has 1 unspecified atom stereocenters. The Morgan fingerprint density at radius 1 is 1.37 bits per heavy atom. The molecule has 2 aromatic rings. The highest BCUT2D eigenvalue weighted by Crippen LogP contribution is 2.32. The lowest BCUT2D eigenvalue weighted by Crippen LogP contribution is -2.01. The molecule has 2 rings (SSSR count). The second-order valence-corrected chi connectivity index (χ2v) is 4.80. The van der Waals surface area contributed by atoms with Gasteiger partial charge in [0.15, 0.2) is 5.82 Å². The van der Waals surface area contributed by atoms with Crippen molar-refractivity contribution in [1.29, 1.82) is 0 Å². The summed E-state index contributed by atoms with van der Waals surface area (Å²) in [6.45, 7) is 4.18. The second-order valence-electron chi connectivity index (χ2n) is 4.80. The summed E-state index contributed by atoms with van der Waals surface area (Å²) in [4.78, 5) is 0. The van der Waals surface area contributed by atoms with Gasteiger partial charge in [0.1, 0.15) is 11.6 Å². The molecule has 3 nitrogen and oxygen atoms in total. The van der Waals surface area contributed by atoms with E-state index < -0.39 is 11.6 Å². The Morgan fingerprint density at radius 2 is 2.11 bits per heavy atom. The third-order valence-electron chi connectivity index (χ3n) is 3.32. The Labute approximate surface area is 110 Å². The van der Waals surface area contributed by atoms with E-state index in [2.05, 4.69) is 24.0 Å². The zero-order chi connectivity index (χ0) is 14.0. The molecule has 1 aromatic carbocycles. The van der Waals surface area contributed by atoms with Crippen molar-refractivity contribution in [2.75, 3.05) is 5.73 Å². The van der Waals surface area contributed by atoms with E-state index in [0.717, 1.165) is 24.6 Å². The quantitative estimate of drug-likeness (QED) is 0.888. The summed E-state index contributed by atoms with van der Waals surface area (Å²) in [6.07, 6.45) is 1.73. The SMILES string of the molecule is CCC(C)Cc1[nH]nc(N)c1-c1ccc(F)cc1F. The molecular weight excluding hydrogens is 248 g/mol. The number of anilines is 1. The maximum Gasteiger partial charge on any atom is 0.153 e. The highest BCUT2D eigenvalue weighted by Gasteiger charge is 2.18. The number of nitrogens with one attached hydrogen (secondary N) is 1. The molecule has 1 atom stereocenters. The Balaban J connectivity index is 2.46. The number of halogens is 2. The lowest BCUT2D eigenvalue weighted by atomic mass is 9.97. The van der Waals surface area contributed by atoms with Crippen molar-refractivity contribution in [3.63, 3.8) is 0 Å². The van der Waals surface area contributed by atoms with Crippen molar-refractivity contribution in [1.82, 2.24) is 10.2 Å². The summed E-state index contributed by atoms with van der Waals surface area (Å²) in [7, 11) is 0. The zero-order valence-corrected chi connectivity index (χ0v) is 11.0. The molecule has 0 bridgehead atoms. The predicted octanol–water partition coefficient (Wildman–Crippen LogP) is 3.53. The molecule has 19 heavy (non-hydrogen) atoms. The Morgan fingerprint density at radius 3 is 2.74 bits per heavy atom. The minimum absolute atomic E-state index is 0.240. The number of H-pyrrole nitrogens is 1. The summed E-state index contributed by atoms with van der Waals surface area (Å²) in [5.41, 5.74) is 7.41. The van der Waals surface area contributed by atoms with Crippen molar-refractivity contribution in [2.45, 2.75) is 26.7 Å². The third kappa shape index (κ3) is 2.75. The number of benzene rings is 1. The number of rotatable bonds is 4. The maximum absolute atomic E-state index is 13.9. The molecule has 0 amide bonds. The average Bonchev–Trinajstić information content (AvgIpc) is 2.71. The molecule has 0 aliphatic carbocycles. The van der Waals surface area contributed by atoms with Crippen molar-refractivity contribution in [3.05, 3.63) is 35.5 Å². The molecule has 0 saturated heterocycles. The van der Waals surface area contributed by atoms with Gasteiger partial charge in [-0.15, -0.1) is 0 Å². The molecule has 102 valence electrons. The van der Waals surface area contributed by atoms with E-state index in [1.165, 1.54) is 12.1 Å². The zero-order valence-electron chi connectivity index (χ0n) is 11.0. The van der Waals surface area contributed by atoms with Crippen LogP contribution in [0.3, 0.4) is 0 Å². The van der Waals surface area contributed by atoms with Crippen LogP contribution in [0.5, 0.6) is 0 Å². The van der Waals surface area contributed by atoms with E-state index in [0.29, 0.717) is 11.5 Å². The molecule has 0 fully saturated rings. The van der Waals surface area contributed by atoms with Gasteiger partial charge >= 0.3 is 0 Å². The summed E-state index contributed by atoms with van der Waals surface area (Å²) in [5, 5.41) is 6.78. The molecule has 0 saturated carbocycles. The first-order valence-corrected chi connectivity index (χ1v) is 6.31. The van der Waals surface area contributed by atoms with E-state index in [-0.39, 0.29) is 11.4 Å². The number of hydrogen-bond acceptors (Lipinski definition) is 2. The molecule has 0 spiro atoms. The van der Waals surface area contributed by atoms with Crippen molar-refractivity contribution in [2.24, 2.45) is 5.92 Å². The van der Waals surface area contributed by atoms with E-state index in [4.69, 9.17) is 5.73 Å². The first kappa shape index (κ1) is 13.5. The molecule has 3 N–H and O–H groups in total. The number of hydrogen-bond donors (Lipinski definition) is 2. The fourth-order valence-electron chi connectivity index (χ4n) is 2.03. The van der Waals surface area contributed by atoms with E-state index in [1.807, 2.05) is 0 Å². The van der Waals surface area contributed by atoms with Gasteiger partial charge in [-0.05, 0) is 24.5 Å². The van der Waals surface area contributed by atoms with Crippen LogP contribution in [0.1, 0.15) is 26.0 Å². The highest BCUT2D eigenvalue weighted by molar-refractivity contribution is 5.76. The lowest BCUT2D eigenvalue weighted by Gasteiger charge is -2.09. The maximum atomic E-state index is 13.9. The third-order valence-corrected chi connectivity index (χ3v) is 3.32. The molecule has 0 radical (unpaired) electrons. The minimum Gasteiger partial charge on any atom is -0.382 e. The average molecular weight is 265 g/mol. The van der Waals surface area contributed by atoms with Crippen molar-refractivity contribution >= 4 is 5.82 Å². The Hall–Kier alpha value is -1.91. The highest BCUT2D eigenvalue weighted by atomic mass is 19.1. The Bertz CT molecular complexity index is 578. The van der Waals surface area contributed by atoms with Crippen LogP contribution in [0.25, 0.3) is 11.1 Å². The fraction of sp³-hybridized carbons (Fsp3) is 0.357. The van der Waals surface area contributed by atoms with Crippen LogP contribution >= 0.6 is 0 Å². The van der Waals surface area contributed by atoms with Gasteiger partial charge < -0.3 is 5.73 Å². The van der Waals surface area contributed by atoms with Gasteiger partial charge in [0.25, 0.3) is 0 Å². The van der Waals surface area contributed by atoms with E-state index in [9.17, 15) is 8.78 Å². The summed E-state index contributed by atoms with van der Waals surface area (Å²) in [6, 6.07) is 3.47. The summed E-state index contributed by atoms with van der Waals surface area (Å²) >= 11 is 0. The van der Waals surface area contributed by atoms with Crippen molar-refractivity contribution < 1.29 is 8.78 Å². The Kier molecular flexibility index (Phi) is 3.83. The van der Waals surface area contributed by atoms with Gasteiger partial charge in [0.05, 0.1) is 0 Å². The van der Waals surface area contributed by atoms with Crippen molar-refractivity contribution in [3.8, 4) is 11.1 Å². The van der Waals surface area contributed by atoms with Gasteiger partial charge in [-0.1, -0.05) is 20.3 Å². The first-order chi connectivity index (χ1) is 9.02. The minimum atomic E-state index is -0.626. The van der Waals surface area contributed by atoms with Gasteiger partial charge in [0.2, 0.25) is 0 Å². The van der Waals surface area contributed by atoms with Crippen LogP contribution in [-0.2, 0) is 6.42 Å². The van der Waals surface area contributed by atoms with Crippen LogP contribution in [-0.4, -0.2) is 10.2 Å². The molecular formula is C14H17F2N3. The monoisotopic (exact) mass is 265 g/mol. The van der Waals surface area contributed by atoms with Crippen LogP contribution in [0.15, 0.2) is 18.2 Å². The molecule has 0 aliphatic heterocycles. The first-order valence-electron chi connectivity index (χ1n) is 6.31. The molecule has 0 aliphatic rings. The molecule has 5 heteroatoms. The van der Waals surface area contributed by atoms with E-state index in [1.54, 1.807) is 0 Å². The standard InChI is InChI=1S/C14H17F2N3/c1-3-8(2)6-12-13(14(17)19-18-12)10-5-4-9(15)7-11(10)16/h4-5,7-8H,3,6H2,1-2H3,(H3,17,18,19). The number of aromatic nitrogens is 2. The van der Waals surface area contributed by atoms with Crippen LogP contribution in [0.4, 0.5) is 14.6 Å². The number of nitrogen functional groups attached to an aromatic ring is 1. The predicted molar refractivity (Wildman–Crippen MR) is 71.5 cm³/mol. The second kappa shape index (κ2) is 5.38. The molecule has 1 aromatic heterocycles. The lowest BCUT2D eigenvalue weighted by molar-refractivity contribution is 0.552. The number of aromatic amines is 1. The largest absolute Gasteiger partial charge is 0.382 e. The molecule has 1 heterocycles. The van der Waals surface area contributed by atoms with Gasteiger partial charge in [-0.2, -0.15) is 5.10 Å². The van der Waals surface area contributed by atoms with Crippen LogP contribution in [0, 0.1) is 17.6 Å². The summed E-state index contributed by atoms with van der Waals surface area (Å²) in [5.74, 6) is -0.559. The smallest absolute Gasteiger partial charge is 0.153 e. The summed E-state index contributed by atoms with van der Waals surface area (Å²) < 4.78 is 26.8. The van der Waals surface area contributed by atoms with Gasteiger partial charge in [0, 0.05) is 22.9 Å². The topological polar surface area (TPSA) is 54.7 Å². The number of nitrogens with two attached hydrogens (primary N) is 1. The fourth-order valence-corrected chi connectivity index (χ4v) is 2.03.